The lowest BCUT2D eigenvalue weighted by Crippen LogP contribution is -2.17. The van der Waals surface area contributed by atoms with Gasteiger partial charge in [0.1, 0.15) is 17.1 Å². The Balaban J connectivity index is 1.36. The van der Waals surface area contributed by atoms with Gasteiger partial charge in [-0.25, -0.2) is 0 Å². The molecule has 0 fully saturated rings. The average Bonchev–Trinajstić information content (AvgIpc) is 3.12. The minimum absolute atomic E-state index is 0.652. The summed E-state index contributed by atoms with van der Waals surface area (Å²) in [6.07, 6.45) is 8.69. The summed E-state index contributed by atoms with van der Waals surface area (Å²) in [7, 11) is 0. The van der Waals surface area contributed by atoms with Crippen LogP contribution in [0.4, 0.5) is 0 Å². The molecule has 0 bridgehead atoms. The number of pyridine rings is 1. The molecule has 0 aliphatic carbocycles. The van der Waals surface area contributed by atoms with Gasteiger partial charge in [0.2, 0.25) is 0 Å². The van der Waals surface area contributed by atoms with Crippen LogP contribution in [-0.2, 0) is 6.54 Å². The Bertz CT molecular complexity index is 1100. The highest BCUT2D eigenvalue weighted by Gasteiger charge is 2.13. The molecule has 4 nitrogen and oxygen atoms in total. The standard InChI is InChI=1S/C26H26N2O2/c1-20-23(14-13-21-8-3-2-4-9-21)30-25-12-5-11-24(26(20)25)29-17-7-16-28-19-22-10-6-15-27-18-22/h2-6,8-15,18,28H,7,16-17,19H2,1H3/b14-13+. The summed E-state index contributed by atoms with van der Waals surface area (Å²) in [5.41, 5.74) is 4.29. The van der Waals surface area contributed by atoms with Crippen LogP contribution >= 0.6 is 0 Å². The van der Waals surface area contributed by atoms with E-state index < -0.39 is 0 Å². The van der Waals surface area contributed by atoms with Crippen molar-refractivity contribution in [3.05, 3.63) is 95.5 Å². The molecule has 0 amide bonds. The van der Waals surface area contributed by atoms with Gasteiger partial charge >= 0.3 is 0 Å². The van der Waals surface area contributed by atoms with E-state index in [2.05, 4.69) is 41.5 Å². The van der Waals surface area contributed by atoms with Crippen molar-refractivity contribution < 1.29 is 9.15 Å². The maximum Gasteiger partial charge on any atom is 0.138 e. The zero-order valence-corrected chi connectivity index (χ0v) is 17.2. The molecular formula is C26H26N2O2. The number of benzene rings is 2. The van der Waals surface area contributed by atoms with Gasteiger partial charge in [0.25, 0.3) is 0 Å². The fraction of sp³-hybridized carbons (Fsp3) is 0.192. The van der Waals surface area contributed by atoms with E-state index in [0.29, 0.717) is 6.61 Å². The third-order valence-electron chi connectivity index (χ3n) is 4.99. The van der Waals surface area contributed by atoms with Gasteiger partial charge in [-0.3, -0.25) is 4.98 Å². The van der Waals surface area contributed by atoms with Crippen molar-refractivity contribution in [2.45, 2.75) is 19.9 Å². The molecule has 152 valence electrons. The number of aryl methyl sites for hydroxylation is 1. The number of ether oxygens (including phenoxy) is 1. The molecule has 4 aromatic rings. The fourth-order valence-corrected chi connectivity index (χ4v) is 3.41. The number of rotatable bonds is 9. The van der Waals surface area contributed by atoms with E-state index in [1.165, 1.54) is 5.56 Å². The van der Waals surface area contributed by atoms with Crippen LogP contribution in [-0.4, -0.2) is 18.1 Å². The van der Waals surface area contributed by atoms with Crippen LogP contribution < -0.4 is 10.1 Å². The Hall–Kier alpha value is -3.37. The molecule has 0 atom stereocenters. The summed E-state index contributed by atoms with van der Waals surface area (Å²) in [4.78, 5) is 4.13. The van der Waals surface area contributed by atoms with E-state index in [4.69, 9.17) is 9.15 Å². The van der Waals surface area contributed by atoms with Gasteiger partial charge in [0, 0.05) is 24.5 Å². The van der Waals surface area contributed by atoms with Crippen molar-refractivity contribution in [1.29, 1.82) is 0 Å². The topological polar surface area (TPSA) is 47.3 Å². The maximum atomic E-state index is 6.09. The second-order valence-corrected chi connectivity index (χ2v) is 7.20. The molecule has 0 spiro atoms. The van der Waals surface area contributed by atoms with Crippen molar-refractivity contribution in [2.24, 2.45) is 0 Å². The summed E-state index contributed by atoms with van der Waals surface area (Å²) in [5.74, 6) is 1.74. The molecule has 0 radical (unpaired) electrons. The molecule has 0 saturated heterocycles. The van der Waals surface area contributed by atoms with Crippen molar-refractivity contribution in [1.82, 2.24) is 10.3 Å². The molecule has 0 aliphatic rings. The number of hydrogen-bond acceptors (Lipinski definition) is 4. The minimum Gasteiger partial charge on any atom is -0.493 e. The van der Waals surface area contributed by atoms with Gasteiger partial charge in [-0.1, -0.05) is 48.5 Å². The number of fused-ring (bicyclic) bond motifs is 1. The molecule has 0 unspecified atom stereocenters. The predicted octanol–water partition coefficient (Wildman–Crippen LogP) is 5.87. The molecule has 2 aromatic heterocycles. The zero-order valence-electron chi connectivity index (χ0n) is 17.2. The molecule has 2 heterocycles. The van der Waals surface area contributed by atoms with Crippen LogP contribution in [0, 0.1) is 6.92 Å². The SMILES string of the molecule is Cc1c(/C=C/c2ccccc2)oc2cccc(OCCCNCc3cccnc3)c12. The van der Waals surface area contributed by atoms with E-state index in [1.807, 2.05) is 54.7 Å². The van der Waals surface area contributed by atoms with Gasteiger partial charge < -0.3 is 14.5 Å². The predicted molar refractivity (Wildman–Crippen MR) is 122 cm³/mol. The number of aromatic nitrogens is 1. The summed E-state index contributed by atoms with van der Waals surface area (Å²) in [6, 6.07) is 20.2. The molecular weight excluding hydrogens is 372 g/mol. The first-order valence-electron chi connectivity index (χ1n) is 10.3. The highest BCUT2D eigenvalue weighted by molar-refractivity contribution is 5.91. The van der Waals surface area contributed by atoms with Crippen LogP contribution in [0.2, 0.25) is 0 Å². The molecule has 0 saturated carbocycles. The highest BCUT2D eigenvalue weighted by Crippen LogP contribution is 2.34. The van der Waals surface area contributed by atoms with Crippen molar-refractivity contribution in [2.75, 3.05) is 13.2 Å². The normalized spacial score (nSPS) is 11.4. The van der Waals surface area contributed by atoms with Gasteiger partial charge in [-0.2, -0.15) is 0 Å². The quantitative estimate of drug-likeness (QED) is 0.359. The summed E-state index contributed by atoms with van der Waals surface area (Å²) >= 11 is 0. The molecule has 1 N–H and O–H groups in total. The van der Waals surface area contributed by atoms with Gasteiger partial charge in [-0.15, -0.1) is 0 Å². The zero-order chi connectivity index (χ0) is 20.6. The van der Waals surface area contributed by atoms with Crippen molar-refractivity contribution in [3.8, 4) is 5.75 Å². The summed E-state index contributed by atoms with van der Waals surface area (Å²) in [5, 5.41) is 4.47. The third-order valence-corrected chi connectivity index (χ3v) is 4.99. The Morgan fingerprint density at radius 3 is 2.73 bits per heavy atom. The Morgan fingerprint density at radius 1 is 1.00 bits per heavy atom. The average molecular weight is 399 g/mol. The molecule has 2 aromatic carbocycles. The lowest BCUT2D eigenvalue weighted by atomic mass is 10.1. The van der Waals surface area contributed by atoms with Crippen LogP contribution in [0.3, 0.4) is 0 Å². The van der Waals surface area contributed by atoms with Gasteiger partial charge in [0.15, 0.2) is 0 Å². The summed E-state index contributed by atoms with van der Waals surface area (Å²) in [6.45, 7) is 4.44. The number of nitrogens with zero attached hydrogens (tertiary/aromatic N) is 1. The number of hydrogen-bond donors (Lipinski definition) is 1. The first-order chi connectivity index (χ1) is 14.8. The lowest BCUT2D eigenvalue weighted by molar-refractivity contribution is 0.311. The van der Waals surface area contributed by atoms with Crippen LogP contribution in [0.5, 0.6) is 5.75 Å². The van der Waals surface area contributed by atoms with Crippen molar-refractivity contribution in [3.63, 3.8) is 0 Å². The molecule has 4 heteroatoms. The molecule has 4 rings (SSSR count). The lowest BCUT2D eigenvalue weighted by Gasteiger charge is -2.08. The smallest absolute Gasteiger partial charge is 0.138 e. The van der Waals surface area contributed by atoms with Crippen LogP contribution in [0.25, 0.3) is 23.1 Å². The van der Waals surface area contributed by atoms with E-state index in [0.717, 1.165) is 53.1 Å². The van der Waals surface area contributed by atoms with E-state index in [1.54, 1.807) is 6.20 Å². The van der Waals surface area contributed by atoms with Gasteiger partial charge in [0.05, 0.1) is 12.0 Å². The largest absolute Gasteiger partial charge is 0.493 e. The molecule has 30 heavy (non-hydrogen) atoms. The minimum atomic E-state index is 0.652. The van der Waals surface area contributed by atoms with E-state index in [9.17, 15) is 0 Å². The van der Waals surface area contributed by atoms with Crippen LogP contribution in [0.1, 0.15) is 28.9 Å². The monoisotopic (exact) mass is 398 g/mol. The number of furan rings is 1. The first kappa shape index (κ1) is 19.9. The highest BCUT2D eigenvalue weighted by atomic mass is 16.5. The van der Waals surface area contributed by atoms with Gasteiger partial charge in [-0.05, 0) is 55.3 Å². The Labute approximate surface area is 177 Å². The fourth-order valence-electron chi connectivity index (χ4n) is 3.41. The van der Waals surface area contributed by atoms with E-state index in [-0.39, 0.29) is 0 Å². The van der Waals surface area contributed by atoms with Crippen LogP contribution in [0.15, 0.2) is 77.5 Å². The second-order valence-electron chi connectivity index (χ2n) is 7.20. The Morgan fingerprint density at radius 2 is 1.90 bits per heavy atom. The Kier molecular flexibility index (Phi) is 6.58. The number of nitrogens with one attached hydrogen (secondary N) is 1. The third kappa shape index (κ3) is 4.97. The first-order valence-corrected chi connectivity index (χ1v) is 10.3. The maximum absolute atomic E-state index is 6.09. The molecule has 0 aliphatic heterocycles. The van der Waals surface area contributed by atoms with Crippen molar-refractivity contribution >= 4 is 23.1 Å². The van der Waals surface area contributed by atoms with E-state index >= 15 is 0 Å². The second kappa shape index (κ2) is 9.90. The summed E-state index contributed by atoms with van der Waals surface area (Å²) < 4.78 is 12.2.